The predicted molar refractivity (Wildman–Crippen MR) is 73.8 cm³/mol. The first-order valence-electron chi connectivity index (χ1n) is 7.02. The highest BCUT2D eigenvalue weighted by atomic mass is 16.4. The zero-order valence-electron chi connectivity index (χ0n) is 12.3. The van der Waals surface area contributed by atoms with Crippen LogP contribution in [0.4, 0.5) is 0 Å². The molecule has 0 spiro atoms. The van der Waals surface area contributed by atoms with Gasteiger partial charge in [0.2, 0.25) is 5.91 Å². The van der Waals surface area contributed by atoms with Crippen molar-refractivity contribution < 1.29 is 14.7 Å². The minimum absolute atomic E-state index is 0.194. The molecule has 19 heavy (non-hydrogen) atoms. The molecule has 0 saturated carbocycles. The second-order valence-corrected chi connectivity index (χ2v) is 6.45. The standard InChI is InChI=1S/C14H26N2O3/c1-5-9-6-7-15-10(8-9)12(17)16-11(13(18)19)14(2,3)4/h9-11,15H,5-8H2,1-4H3,(H,16,17)(H,18,19). The normalized spacial score (nSPS) is 25.7. The summed E-state index contributed by atoms with van der Waals surface area (Å²) in [6.45, 7) is 8.39. The number of nitrogens with one attached hydrogen (secondary N) is 2. The number of rotatable bonds is 4. The summed E-state index contributed by atoms with van der Waals surface area (Å²) in [7, 11) is 0. The molecule has 3 unspecified atom stereocenters. The Bertz CT molecular complexity index is 336. The first-order valence-corrected chi connectivity index (χ1v) is 7.02. The van der Waals surface area contributed by atoms with Crippen molar-refractivity contribution in [2.24, 2.45) is 11.3 Å². The molecule has 1 aliphatic rings. The lowest BCUT2D eigenvalue weighted by atomic mass is 9.85. The van der Waals surface area contributed by atoms with E-state index in [9.17, 15) is 14.7 Å². The van der Waals surface area contributed by atoms with E-state index in [0.29, 0.717) is 5.92 Å². The van der Waals surface area contributed by atoms with E-state index >= 15 is 0 Å². The van der Waals surface area contributed by atoms with Crippen molar-refractivity contribution in [1.82, 2.24) is 10.6 Å². The molecule has 1 amide bonds. The Morgan fingerprint density at radius 2 is 2.05 bits per heavy atom. The van der Waals surface area contributed by atoms with Crippen LogP contribution in [0.25, 0.3) is 0 Å². The summed E-state index contributed by atoms with van der Waals surface area (Å²) in [6, 6.07) is -1.12. The van der Waals surface area contributed by atoms with Crippen LogP contribution in [-0.2, 0) is 9.59 Å². The Morgan fingerprint density at radius 3 is 2.53 bits per heavy atom. The fourth-order valence-corrected chi connectivity index (χ4v) is 2.46. The molecular formula is C14H26N2O3. The van der Waals surface area contributed by atoms with Gasteiger partial charge in [0.15, 0.2) is 0 Å². The number of hydrogen-bond acceptors (Lipinski definition) is 3. The second-order valence-electron chi connectivity index (χ2n) is 6.45. The van der Waals surface area contributed by atoms with Crippen molar-refractivity contribution in [3.8, 4) is 0 Å². The molecule has 0 aliphatic carbocycles. The minimum atomic E-state index is -0.983. The van der Waals surface area contributed by atoms with Gasteiger partial charge in [-0.25, -0.2) is 4.79 Å². The molecule has 110 valence electrons. The van der Waals surface area contributed by atoms with Gasteiger partial charge in [-0.15, -0.1) is 0 Å². The number of amides is 1. The molecule has 0 aromatic rings. The van der Waals surface area contributed by atoms with Crippen LogP contribution >= 0.6 is 0 Å². The lowest BCUT2D eigenvalue weighted by molar-refractivity contribution is -0.145. The SMILES string of the molecule is CCC1CCNC(C(=O)NC(C(=O)O)C(C)(C)C)C1. The van der Waals surface area contributed by atoms with Crippen LogP contribution in [0.5, 0.6) is 0 Å². The molecule has 1 rings (SSSR count). The van der Waals surface area contributed by atoms with Gasteiger partial charge in [-0.3, -0.25) is 4.79 Å². The third-order valence-electron chi connectivity index (χ3n) is 3.81. The third-order valence-corrected chi connectivity index (χ3v) is 3.81. The number of carbonyl (C=O) groups excluding carboxylic acids is 1. The van der Waals surface area contributed by atoms with Gasteiger partial charge in [0, 0.05) is 0 Å². The number of aliphatic carboxylic acids is 1. The van der Waals surface area contributed by atoms with Crippen molar-refractivity contribution in [2.45, 2.75) is 59.0 Å². The van der Waals surface area contributed by atoms with Gasteiger partial charge in [-0.05, 0) is 30.7 Å². The second kappa shape index (κ2) is 6.37. The fraction of sp³-hybridized carbons (Fsp3) is 0.857. The van der Waals surface area contributed by atoms with Crippen molar-refractivity contribution in [3.05, 3.63) is 0 Å². The Morgan fingerprint density at radius 1 is 1.42 bits per heavy atom. The first kappa shape index (κ1) is 16.0. The van der Waals surface area contributed by atoms with E-state index in [-0.39, 0.29) is 11.9 Å². The molecule has 0 bridgehead atoms. The van der Waals surface area contributed by atoms with E-state index in [1.165, 1.54) is 0 Å². The largest absolute Gasteiger partial charge is 0.480 e. The maximum Gasteiger partial charge on any atom is 0.326 e. The smallest absolute Gasteiger partial charge is 0.326 e. The van der Waals surface area contributed by atoms with Crippen LogP contribution in [-0.4, -0.2) is 35.6 Å². The zero-order valence-corrected chi connectivity index (χ0v) is 12.3. The van der Waals surface area contributed by atoms with E-state index in [1.54, 1.807) is 0 Å². The summed E-state index contributed by atoms with van der Waals surface area (Å²) in [5.41, 5.74) is -0.500. The highest BCUT2D eigenvalue weighted by Gasteiger charge is 2.35. The van der Waals surface area contributed by atoms with Crippen LogP contribution in [0.1, 0.15) is 47.0 Å². The quantitative estimate of drug-likeness (QED) is 0.721. The molecule has 5 nitrogen and oxygen atoms in total. The van der Waals surface area contributed by atoms with Gasteiger partial charge < -0.3 is 15.7 Å². The zero-order chi connectivity index (χ0) is 14.6. The fourth-order valence-electron chi connectivity index (χ4n) is 2.46. The van der Waals surface area contributed by atoms with Gasteiger partial charge in [-0.1, -0.05) is 34.1 Å². The van der Waals surface area contributed by atoms with Gasteiger partial charge >= 0.3 is 5.97 Å². The minimum Gasteiger partial charge on any atom is -0.480 e. The Labute approximate surface area is 115 Å². The molecule has 5 heteroatoms. The topological polar surface area (TPSA) is 78.4 Å². The Balaban J connectivity index is 2.64. The lowest BCUT2D eigenvalue weighted by Gasteiger charge is -2.32. The van der Waals surface area contributed by atoms with Crippen LogP contribution in [0, 0.1) is 11.3 Å². The third kappa shape index (κ3) is 4.49. The molecule has 0 aromatic heterocycles. The van der Waals surface area contributed by atoms with E-state index in [2.05, 4.69) is 17.6 Å². The number of carboxylic acids is 1. The van der Waals surface area contributed by atoms with Gasteiger partial charge in [0.1, 0.15) is 6.04 Å². The van der Waals surface area contributed by atoms with Crippen molar-refractivity contribution in [1.29, 1.82) is 0 Å². The van der Waals surface area contributed by atoms with Gasteiger partial charge in [-0.2, -0.15) is 0 Å². The van der Waals surface area contributed by atoms with Crippen molar-refractivity contribution >= 4 is 11.9 Å². The van der Waals surface area contributed by atoms with E-state index in [0.717, 1.165) is 25.8 Å². The highest BCUT2D eigenvalue weighted by Crippen LogP contribution is 2.22. The van der Waals surface area contributed by atoms with Gasteiger partial charge in [0.05, 0.1) is 6.04 Å². The average Bonchev–Trinajstić information content (AvgIpc) is 2.33. The monoisotopic (exact) mass is 270 g/mol. The molecular weight excluding hydrogens is 244 g/mol. The number of piperidine rings is 1. The molecule has 0 aromatic carbocycles. The van der Waals surface area contributed by atoms with E-state index < -0.39 is 17.4 Å². The number of hydrogen-bond donors (Lipinski definition) is 3. The molecule has 3 N–H and O–H groups in total. The van der Waals surface area contributed by atoms with Crippen LogP contribution in [0.15, 0.2) is 0 Å². The van der Waals surface area contributed by atoms with Crippen molar-refractivity contribution in [3.63, 3.8) is 0 Å². The average molecular weight is 270 g/mol. The molecule has 3 atom stereocenters. The van der Waals surface area contributed by atoms with E-state index in [4.69, 9.17) is 0 Å². The van der Waals surface area contributed by atoms with Crippen molar-refractivity contribution in [2.75, 3.05) is 6.54 Å². The molecule has 1 heterocycles. The summed E-state index contributed by atoms with van der Waals surface area (Å²) in [6.07, 6.45) is 2.94. The van der Waals surface area contributed by atoms with Crippen LogP contribution < -0.4 is 10.6 Å². The number of carbonyl (C=O) groups is 2. The molecule has 0 radical (unpaired) electrons. The maximum atomic E-state index is 12.2. The molecule has 1 saturated heterocycles. The van der Waals surface area contributed by atoms with Crippen LogP contribution in [0.3, 0.4) is 0 Å². The summed E-state index contributed by atoms with van der Waals surface area (Å²) < 4.78 is 0. The lowest BCUT2D eigenvalue weighted by Crippen LogP contribution is -2.56. The summed E-state index contributed by atoms with van der Waals surface area (Å²) >= 11 is 0. The Hall–Kier alpha value is -1.10. The van der Waals surface area contributed by atoms with E-state index in [1.807, 2.05) is 20.8 Å². The molecule has 1 aliphatic heterocycles. The Kier molecular flexibility index (Phi) is 5.35. The summed E-state index contributed by atoms with van der Waals surface area (Å²) in [5.74, 6) is -0.626. The number of carboxylic acid groups (broad SMARTS) is 1. The predicted octanol–water partition coefficient (Wildman–Crippen LogP) is 1.38. The molecule has 1 fully saturated rings. The summed E-state index contributed by atoms with van der Waals surface area (Å²) in [5, 5.41) is 15.1. The highest BCUT2D eigenvalue weighted by molar-refractivity contribution is 5.87. The van der Waals surface area contributed by atoms with Crippen LogP contribution in [0.2, 0.25) is 0 Å². The maximum absolute atomic E-state index is 12.2. The van der Waals surface area contributed by atoms with Gasteiger partial charge in [0.25, 0.3) is 0 Å². The first-order chi connectivity index (χ1) is 8.75. The summed E-state index contributed by atoms with van der Waals surface area (Å²) in [4.78, 5) is 23.4.